The summed E-state index contributed by atoms with van der Waals surface area (Å²) in [6.07, 6.45) is 6.84. The predicted molar refractivity (Wildman–Crippen MR) is 132 cm³/mol. The monoisotopic (exact) mass is 445 g/mol. The van der Waals surface area contributed by atoms with Gasteiger partial charge in [-0.3, -0.25) is 4.79 Å². The first-order valence-electron chi connectivity index (χ1n) is 11.9. The molecule has 4 rings (SSSR count). The molecule has 2 atom stereocenters. The van der Waals surface area contributed by atoms with Crippen molar-refractivity contribution in [1.29, 1.82) is 0 Å². The summed E-state index contributed by atoms with van der Waals surface area (Å²) in [5.41, 5.74) is 2.29. The number of hydrogen-bond donors (Lipinski definition) is 2. The van der Waals surface area contributed by atoms with E-state index in [0.29, 0.717) is 34.8 Å². The molecule has 2 N–H and O–H groups in total. The van der Waals surface area contributed by atoms with E-state index in [1.54, 1.807) is 22.8 Å². The number of piperidine rings is 1. The minimum Gasteiger partial charge on any atom is -0.507 e. The molecular formula is C25H32BN5O2. The van der Waals surface area contributed by atoms with Gasteiger partial charge < -0.3 is 15.3 Å². The van der Waals surface area contributed by atoms with Gasteiger partial charge in [0.25, 0.3) is 0 Å². The number of aromatic nitrogens is 3. The molecule has 3 aromatic rings. The first kappa shape index (κ1) is 23.1. The van der Waals surface area contributed by atoms with Gasteiger partial charge in [-0.2, -0.15) is 9.61 Å². The predicted octanol–water partition coefficient (Wildman–Crippen LogP) is 3.37. The number of phenols is 1. The number of phenolic OH excluding ortho intramolecular Hbond substituents is 1. The fourth-order valence-corrected chi connectivity index (χ4v) is 4.56. The number of likely N-dealkylation sites (tertiary alicyclic amines) is 1. The zero-order chi connectivity index (χ0) is 23.4. The number of rotatable bonds is 8. The second kappa shape index (κ2) is 10.3. The number of para-hydroxylation sites is 1. The number of anilines is 1. The standard InChI is InChI=1S/C25H32BN5O2/c1-3-4-8-17(2)25(33)30-12-7-9-18(16-30)14-27-23-13-21(19-10-5-6-11-22(19)32)29-24-20(26)15-28-31(23)24/h5-6,10-11,13,15,17-18,27,32H,3-4,7-9,12,14,16H2,1-2H3. The maximum Gasteiger partial charge on any atom is 0.225 e. The van der Waals surface area contributed by atoms with E-state index < -0.39 is 0 Å². The third-order valence-electron chi connectivity index (χ3n) is 6.49. The summed E-state index contributed by atoms with van der Waals surface area (Å²) in [6.45, 7) is 6.54. The van der Waals surface area contributed by atoms with Gasteiger partial charge in [-0.25, -0.2) is 4.98 Å². The average molecular weight is 445 g/mol. The summed E-state index contributed by atoms with van der Waals surface area (Å²) in [5, 5.41) is 18.2. The van der Waals surface area contributed by atoms with Crippen LogP contribution in [0.5, 0.6) is 5.75 Å². The molecule has 0 bridgehead atoms. The summed E-state index contributed by atoms with van der Waals surface area (Å²) in [5.74, 6) is 1.64. The van der Waals surface area contributed by atoms with Crippen LogP contribution in [-0.4, -0.2) is 58.0 Å². The lowest BCUT2D eigenvalue weighted by Gasteiger charge is -2.34. The van der Waals surface area contributed by atoms with Crippen LogP contribution in [0.15, 0.2) is 36.5 Å². The van der Waals surface area contributed by atoms with Crippen molar-refractivity contribution >= 4 is 30.7 Å². The Bertz CT molecular complexity index is 1120. The highest BCUT2D eigenvalue weighted by Gasteiger charge is 2.26. The molecule has 3 heterocycles. The summed E-state index contributed by atoms with van der Waals surface area (Å²) in [6, 6.07) is 9.00. The Kier molecular flexibility index (Phi) is 7.21. The van der Waals surface area contributed by atoms with Gasteiger partial charge in [-0.15, -0.1) is 0 Å². The van der Waals surface area contributed by atoms with Gasteiger partial charge in [0.05, 0.1) is 5.69 Å². The Balaban J connectivity index is 1.50. The highest BCUT2D eigenvalue weighted by molar-refractivity contribution is 6.36. The normalized spacial score (nSPS) is 17.3. The zero-order valence-electron chi connectivity index (χ0n) is 19.5. The van der Waals surface area contributed by atoms with E-state index in [1.807, 2.05) is 23.1 Å². The second-order valence-corrected chi connectivity index (χ2v) is 9.10. The van der Waals surface area contributed by atoms with Crippen LogP contribution in [0.3, 0.4) is 0 Å². The topological polar surface area (TPSA) is 82.8 Å². The van der Waals surface area contributed by atoms with Crippen LogP contribution in [0.25, 0.3) is 16.9 Å². The van der Waals surface area contributed by atoms with Crippen LogP contribution in [-0.2, 0) is 4.79 Å². The molecule has 2 radical (unpaired) electrons. The lowest BCUT2D eigenvalue weighted by atomic mass is 9.95. The van der Waals surface area contributed by atoms with E-state index in [-0.39, 0.29) is 17.6 Å². The lowest BCUT2D eigenvalue weighted by molar-refractivity contribution is -0.137. The van der Waals surface area contributed by atoms with E-state index in [2.05, 4.69) is 29.2 Å². The van der Waals surface area contributed by atoms with Crippen molar-refractivity contribution in [2.75, 3.05) is 25.0 Å². The molecule has 1 aliphatic rings. The first-order chi connectivity index (χ1) is 16.0. The molecular weight excluding hydrogens is 413 g/mol. The van der Waals surface area contributed by atoms with Crippen molar-refractivity contribution in [3.63, 3.8) is 0 Å². The largest absolute Gasteiger partial charge is 0.507 e. The molecule has 7 nitrogen and oxygen atoms in total. The number of carbonyl (C=O) groups is 1. The molecule has 172 valence electrons. The van der Waals surface area contributed by atoms with E-state index in [0.717, 1.165) is 51.0 Å². The highest BCUT2D eigenvalue weighted by Crippen LogP contribution is 2.29. The number of nitrogens with one attached hydrogen (secondary N) is 1. The third kappa shape index (κ3) is 5.15. The number of unbranched alkanes of at least 4 members (excludes halogenated alkanes) is 1. The number of fused-ring (bicyclic) bond motifs is 1. The summed E-state index contributed by atoms with van der Waals surface area (Å²) in [7, 11) is 6.10. The number of aromatic hydroxyl groups is 1. The molecule has 1 aliphatic heterocycles. The van der Waals surface area contributed by atoms with E-state index >= 15 is 0 Å². The van der Waals surface area contributed by atoms with Gasteiger partial charge in [-0.05, 0) is 42.8 Å². The van der Waals surface area contributed by atoms with Crippen LogP contribution in [0.4, 0.5) is 5.82 Å². The summed E-state index contributed by atoms with van der Waals surface area (Å²) in [4.78, 5) is 19.5. The molecule has 1 fully saturated rings. The molecule has 8 heteroatoms. The highest BCUT2D eigenvalue weighted by atomic mass is 16.3. The van der Waals surface area contributed by atoms with Gasteiger partial charge in [0, 0.05) is 43.4 Å². The van der Waals surface area contributed by atoms with Crippen molar-refractivity contribution in [2.24, 2.45) is 11.8 Å². The van der Waals surface area contributed by atoms with Gasteiger partial charge >= 0.3 is 0 Å². The van der Waals surface area contributed by atoms with Crippen LogP contribution in [0.1, 0.15) is 46.0 Å². The quantitative estimate of drug-likeness (QED) is 0.520. The molecule has 2 aromatic heterocycles. The van der Waals surface area contributed by atoms with Crippen LogP contribution < -0.4 is 10.8 Å². The molecule has 1 saturated heterocycles. The Hall–Kier alpha value is -3.03. The molecule has 0 aliphatic carbocycles. The van der Waals surface area contributed by atoms with Crippen molar-refractivity contribution in [1.82, 2.24) is 19.5 Å². The first-order valence-corrected chi connectivity index (χ1v) is 11.9. The maximum atomic E-state index is 12.9. The summed E-state index contributed by atoms with van der Waals surface area (Å²) < 4.78 is 1.69. The van der Waals surface area contributed by atoms with Crippen LogP contribution in [0, 0.1) is 11.8 Å². The van der Waals surface area contributed by atoms with Crippen molar-refractivity contribution < 1.29 is 9.90 Å². The molecule has 33 heavy (non-hydrogen) atoms. The van der Waals surface area contributed by atoms with Crippen LogP contribution >= 0.6 is 0 Å². The Morgan fingerprint density at radius 3 is 2.97 bits per heavy atom. The minimum absolute atomic E-state index is 0.0876. The molecule has 1 amide bonds. The van der Waals surface area contributed by atoms with Gasteiger partial charge in [-0.1, -0.05) is 38.8 Å². The number of benzene rings is 1. The zero-order valence-corrected chi connectivity index (χ0v) is 19.5. The summed E-state index contributed by atoms with van der Waals surface area (Å²) >= 11 is 0. The van der Waals surface area contributed by atoms with Crippen molar-refractivity contribution in [3.8, 4) is 17.0 Å². The molecule has 0 saturated carbocycles. The molecule has 1 aromatic carbocycles. The Labute approximate surface area is 196 Å². The SMILES string of the molecule is [B]c1cnn2c(NCC3CCCN(C(=O)C(C)CCCC)C3)cc(-c3ccccc3O)nc12. The fourth-order valence-electron chi connectivity index (χ4n) is 4.56. The van der Waals surface area contributed by atoms with Gasteiger partial charge in [0.15, 0.2) is 5.65 Å². The van der Waals surface area contributed by atoms with Gasteiger partial charge in [0.2, 0.25) is 5.91 Å². The Morgan fingerprint density at radius 1 is 1.36 bits per heavy atom. The van der Waals surface area contributed by atoms with Crippen molar-refractivity contribution in [3.05, 3.63) is 36.5 Å². The minimum atomic E-state index is 0.0876. The number of nitrogens with zero attached hydrogens (tertiary/aromatic N) is 4. The molecule has 0 spiro atoms. The smallest absolute Gasteiger partial charge is 0.225 e. The number of carbonyl (C=O) groups excluding carboxylic acids is 1. The van der Waals surface area contributed by atoms with Crippen molar-refractivity contribution in [2.45, 2.75) is 46.0 Å². The third-order valence-corrected chi connectivity index (χ3v) is 6.49. The average Bonchev–Trinajstić information content (AvgIpc) is 3.21. The fraction of sp³-hybridized carbons (Fsp3) is 0.480. The Morgan fingerprint density at radius 2 is 2.18 bits per heavy atom. The van der Waals surface area contributed by atoms with E-state index in [1.165, 1.54) is 0 Å². The second-order valence-electron chi connectivity index (χ2n) is 9.10. The van der Waals surface area contributed by atoms with E-state index in [9.17, 15) is 9.90 Å². The number of hydrogen-bond acceptors (Lipinski definition) is 5. The maximum absolute atomic E-state index is 12.9. The lowest BCUT2D eigenvalue weighted by Crippen LogP contribution is -2.44. The van der Waals surface area contributed by atoms with Crippen LogP contribution in [0.2, 0.25) is 0 Å². The number of amides is 1. The van der Waals surface area contributed by atoms with E-state index in [4.69, 9.17) is 7.85 Å². The molecule has 2 unspecified atom stereocenters. The van der Waals surface area contributed by atoms with Gasteiger partial charge in [0.1, 0.15) is 19.4 Å².